The van der Waals surface area contributed by atoms with Crippen molar-refractivity contribution >= 4 is 16.8 Å². The smallest absolute Gasteiger partial charge is 0.268 e. The Labute approximate surface area is 143 Å². The van der Waals surface area contributed by atoms with Crippen LogP contribution in [0.25, 0.3) is 10.9 Å². The fourth-order valence-corrected chi connectivity index (χ4v) is 3.63. The molecule has 1 amide bonds. The third kappa shape index (κ3) is 2.94. The number of hydrogen-bond acceptors (Lipinski definition) is 3. The second-order valence-corrected chi connectivity index (χ2v) is 7.32. The summed E-state index contributed by atoms with van der Waals surface area (Å²) in [6, 6.07) is 4.35. The average molecular weight is 329 g/mol. The Morgan fingerprint density at radius 1 is 1.29 bits per heavy atom. The number of aromatic nitrogens is 1. The van der Waals surface area contributed by atoms with Gasteiger partial charge in [-0.1, -0.05) is 11.6 Å². The van der Waals surface area contributed by atoms with Crippen LogP contribution >= 0.6 is 0 Å². The minimum atomic E-state index is -0.523. The Kier molecular flexibility index (Phi) is 4.40. The highest BCUT2D eigenvalue weighted by Gasteiger charge is 2.34. The van der Waals surface area contributed by atoms with Crippen molar-refractivity contribution in [3.8, 4) is 0 Å². The van der Waals surface area contributed by atoms with E-state index in [2.05, 4.69) is 48.1 Å². The number of aliphatic hydroxyl groups excluding tert-OH is 1. The molecule has 0 radical (unpaired) electrons. The number of benzene rings is 1. The van der Waals surface area contributed by atoms with E-state index in [1.807, 2.05) is 13.8 Å². The van der Waals surface area contributed by atoms with Gasteiger partial charge in [0, 0.05) is 30.0 Å². The van der Waals surface area contributed by atoms with Crippen molar-refractivity contribution in [2.24, 2.45) is 0 Å². The maximum absolute atomic E-state index is 12.7. The van der Waals surface area contributed by atoms with E-state index in [1.54, 1.807) is 0 Å². The number of aliphatic hydroxyl groups is 1. The average Bonchev–Trinajstić information content (AvgIpc) is 3.01. The number of likely N-dealkylation sites (tertiary alicyclic amines) is 1. The number of aryl methyl sites for hydroxylation is 3. The summed E-state index contributed by atoms with van der Waals surface area (Å²) in [6.07, 6.45) is -0.523. The summed E-state index contributed by atoms with van der Waals surface area (Å²) in [6.45, 7) is 11.6. The molecule has 1 aliphatic rings. The molecular formula is C19H27N3O2. The summed E-state index contributed by atoms with van der Waals surface area (Å²) in [5.41, 5.74) is 4.89. The third-order valence-electron chi connectivity index (χ3n) is 5.10. The number of amides is 1. The van der Waals surface area contributed by atoms with Crippen LogP contribution in [0, 0.1) is 20.8 Å². The lowest BCUT2D eigenvalue weighted by molar-refractivity contribution is 0.0883. The van der Waals surface area contributed by atoms with E-state index in [0.717, 1.165) is 22.0 Å². The highest BCUT2D eigenvalue weighted by molar-refractivity contribution is 6.01. The Balaban J connectivity index is 1.85. The van der Waals surface area contributed by atoms with E-state index >= 15 is 0 Å². The van der Waals surface area contributed by atoms with E-state index in [-0.39, 0.29) is 11.9 Å². The van der Waals surface area contributed by atoms with Gasteiger partial charge in [0.15, 0.2) is 0 Å². The molecule has 0 unspecified atom stereocenters. The molecule has 2 atom stereocenters. The third-order valence-corrected chi connectivity index (χ3v) is 5.10. The largest absolute Gasteiger partial charge is 0.390 e. The predicted molar refractivity (Wildman–Crippen MR) is 96.5 cm³/mol. The van der Waals surface area contributed by atoms with E-state index in [1.165, 1.54) is 5.56 Å². The van der Waals surface area contributed by atoms with Gasteiger partial charge in [-0.05, 0) is 51.8 Å². The van der Waals surface area contributed by atoms with Crippen LogP contribution in [-0.2, 0) is 0 Å². The van der Waals surface area contributed by atoms with E-state index < -0.39 is 6.10 Å². The summed E-state index contributed by atoms with van der Waals surface area (Å²) in [5.74, 6) is -0.143. The molecule has 1 saturated heterocycles. The zero-order valence-electron chi connectivity index (χ0n) is 15.1. The number of aromatic amines is 1. The summed E-state index contributed by atoms with van der Waals surface area (Å²) in [5, 5.41) is 14.3. The Hall–Kier alpha value is -1.85. The number of nitrogens with one attached hydrogen (secondary N) is 2. The number of rotatable bonds is 3. The molecule has 1 aromatic carbocycles. The number of nitrogens with zero attached hydrogens (tertiary/aromatic N) is 1. The molecule has 0 bridgehead atoms. The lowest BCUT2D eigenvalue weighted by Gasteiger charge is -2.19. The number of H-pyrrole nitrogens is 1. The maximum Gasteiger partial charge on any atom is 0.268 e. The molecule has 2 heterocycles. The Bertz CT molecular complexity index is 779. The normalized spacial score (nSPS) is 21.8. The first kappa shape index (κ1) is 17.0. The lowest BCUT2D eigenvalue weighted by atomic mass is 10.1. The van der Waals surface area contributed by atoms with Crippen LogP contribution in [0.5, 0.6) is 0 Å². The standard InChI is InChI=1S/C19H27N3O2/c1-10(2)22-8-15(16(23)9-22)20-19(24)18-13(5)14-7-11(3)6-12(4)17(14)21-18/h6-7,10,15-16,21,23H,8-9H2,1-5H3,(H,20,24)/t15-,16-/m1/s1. The van der Waals surface area contributed by atoms with Crippen molar-refractivity contribution < 1.29 is 9.90 Å². The summed E-state index contributed by atoms with van der Waals surface area (Å²) >= 11 is 0. The highest BCUT2D eigenvalue weighted by atomic mass is 16.3. The van der Waals surface area contributed by atoms with Crippen LogP contribution in [0.15, 0.2) is 12.1 Å². The van der Waals surface area contributed by atoms with E-state index in [0.29, 0.717) is 24.8 Å². The molecule has 3 rings (SSSR count). The summed E-state index contributed by atoms with van der Waals surface area (Å²) < 4.78 is 0. The Morgan fingerprint density at radius 3 is 2.62 bits per heavy atom. The fraction of sp³-hybridized carbons (Fsp3) is 0.526. The van der Waals surface area contributed by atoms with Gasteiger partial charge in [-0.2, -0.15) is 0 Å². The molecule has 2 aromatic rings. The molecule has 0 aliphatic carbocycles. The molecule has 5 heteroatoms. The maximum atomic E-state index is 12.7. The van der Waals surface area contributed by atoms with Crippen molar-refractivity contribution in [3.05, 3.63) is 34.5 Å². The molecule has 1 aromatic heterocycles. The fourth-order valence-electron chi connectivity index (χ4n) is 3.63. The number of fused-ring (bicyclic) bond motifs is 1. The first-order chi connectivity index (χ1) is 11.3. The second-order valence-electron chi connectivity index (χ2n) is 7.32. The number of carbonyl (C=O) groups excluding carboxylic acids is 1. The zero-order valence-corrected chi connectivity index (χ0v) is 15.1. The molecule has 0 saturated carbocycles. The van der Waals surface area contributed by atoms with Gasteiger partial charge in [0.25, 0.3) is 5.91 Å². The van der Waals surface area contributed by atoms with Crippen LogP contribution in [0.4, 0.5) is 0 Å². The van der Waals surface area contributed by atoms with Crippen LogP contribution in [-0.4, -0.2) is 52.2 Å². The molecule has 1 fully saturated rings. The summed E-state index contributed by atoms with van der Waals surface area (Å²) in [7, 11) is 0. The van der Waals surface area contributed by atoms with Gasteiger partial charge in [0.05, 0.1) is 12.1 Å². The van der Waals surface area contributed by atoms with Crippen LogP contribution in [0.1, 0.15) is 41.0 Å². The Morgan fingerprint density at radius 2 is 2.00 bits per heavy atom. The van der Waals surface area contributed by atoms with Crippen LogP contribution in [0.3, 0.4) is 0 Å². The molecule has 0 spiro atoms. The van der Waals surface area contributed by atoms with Crippen molar-refractivity contribution in [1.82, 2.24) is 15.2 Å². The van der Waals surface area contributed by atoms with Gasteiger partial charge in [0.2, 0.25) is 0 Å². The number of β-amino-alcohol motifs (C(OH)–C–C–N with tert-alkyl or cyclic N) is 1. The van der Waals surface area contributed by atoms with E-state index in [4.69, 9.17) is 0 Å². The van der Waals surface area contributed by atoms with Crippen molar-refractivity contribution in [3.63, 3.8) is 0 Å². The molecule has 3 N–H and O–H groups in total. The van der Waals surface area contributed by atoms with Gasteiger partial charge in [0.1, 0.15) is 5.69 Å². The van der Waals surface area contributed by atoms with E-state index in [9.17, 15) is 9.90 Å². The molecule has 5 nitrogen and oxygen atoms in total. The van der Waals surface area contributed by atoms with Gasteiger partial charge in [-0.25, -0.2) is 0 Å². The number of carbonyl (C=O) groups is 1. The second kappa shape index (κ2) is 6.22. The minimum absolute atomic E-state index is 0.143. The first-order valence-electron chi connectivity index (χ1n) is 8.60. The summed E-state index contributed by atoms with van der Waals surface area (Å²) in [4.78, 5) is 18.2. The van der Waals surface area contributed by atoms with Crippen LogP contribution < -0.4 is 5.32 Å². The minimum Gasteiger partial charge on any atom is -0.390 e. The van der Waals surface area contributed by atoms with Gasteiger partial charge in [-0.15, -0.1) is 0 Å². The lowest BCUT2D eigenvalue weighted by Crippen LogP contribution is -2.43. The van der Waals surface area contributed by atoms with Gasteiger partial charge in [-0.3, -0.25) is 9.69 Å². The topological polar surface area (TPSA) is 68.4 Å². The first-order valence-corrected chi connectivity index (χ1v) is 8.60. The molecule has 1 aliphatic heterocycles. The van der Waals surface area contributed by atoms with Crippen molar-refractivity contribution in [2.45, 2.75) is 52.8 Å². The monoisotopic (exact) mass is 329 g/mol. The van der Waals surface area contributed by atoms with Crippen LogP contribution in [0.2, 0.25) is 0 Å². The predicted octanol–water partition coefficient (Wildman–Crippen LogP) is 2.28. The van der Waals surface area contributed by atoms with Gasteiger partial charge < -0.3 is 15.4 Å². The zero-order chi connectivity index (χ0) is 17.6. The number of hydrogen-bond donors (Lipinski definition) is 3. The van der Waals surface area contributed by atoms with Crippen molar-refractivity contribution in [1.29, 1.82) is 0 Å². The van der Waals surface area contributed by atoms with Gasteiger partial charge >= 0.3 is 0 Å². The SMILES string of the molecule is Cc1cc(C)c2[nH]c(C(=O)N[C@@H]3CN(C(C)C)C[C@H]3O)c(C)c2c1. The quantitative estimate of drug-likeness (QED) is 0.809. The molecule has 24 heavy (non-hydrogen) atoms. The highest BCUT2D eigenvalue weighted by Crippen LogP contribution is 2.26. The van der Waals surface area contributed by atoms with Crippen molar-refractivity contribution in [2.75, 3.05) is 13.1 Å². The molecule has 130 valence electrons. The molecular weight excluding hydrogens is 302 g/mol.